The van der Waals surface area contributed by atoms with Crippen LogP contribution in [0.5, 0.6) is 11.5 Å². The number of aromatic nitrogens is 1. The van der Waals surface area contributed by atoms with E-state index < -0.39 is 0 Å². The highest BCUT2D eigenvalue weighted by Crippen LogP contribution is 2.35. The molecule has 1 fully saturated rings. The van der Waals surface area contributed by atoms with Crippen molar-refractivity contribution in [3.05, 3.63) is 23.9 Å². The van der Waals surface area contributed by atoms with Crippen molar-refractivity contribution in [1.82, 2.24) is 10.3 Å². The summed E-state index contributed by atoms with van der Waals surface area (Å²) < 4.78 is 11.3. The third-order valence-corrected chi connectivity index (χ3v) is 3.83. The molecule has 2 aromatic rings. The van der Waals surface area contributed by atoms with Gasteiger partial charge in [-0.25, -0.2) is 0 Å². The summed E-state index contributed by atoms with van der Waals surface area (Å²) in [6, 6.07) is 4.92. The molecule has 1 aromatic carbocycles. The van der Waals surface area contributed by atoms with Crippen LogP contribution in [0.3, 0.4) is 0 Å². The molecule has 0 saturated heterocycles. The Morgan fingerprint density at radius 3 is 2.74 bits per heavy atom. The standard InChI is InChI=1S/C15H18N2O2/c1-2-11(1)16-4-3-10-9-17-13-8-15-14(7-12(10)13)18-5-6-19-15/h7-9,11,16-17H,1-6H2. The van der Waals surface area contributed by atoms with E-state index in [-0.39, 0.29) is 0 Å². The Kier molecular flexibility index (Phi) is 2.62. The highest BCUT2D eigenvalue weighted by molar-refractivity contribution is 5.86. The monoisotopic (exact) mass is 258 g/mol. The fourth-order valence-electron chi connectivity index (χ4n) is 2.62. The number of rotatable bonds is 4. The second kappa shape index (κ2) is 4.46. The van der Waals surface area contributed by atoms with Crippen molar-refractivity contribution >= 4 is 10.9 Å². The van der Waals surface area contributed by atoms with Crippen molar-refractivity contribution in [1.29, 1.82) is 0 Å². The van der Waals surface area contributed by atoms with E-state index in [9.17, 15) is 0 Å². The van der Waals surface area contributed by atoms with Crippen molar-refractivity contribution in [2.24, 2.45) is 0 Å². The van der Waals surface area contributed by atoms with Crippen molar-refractivity contribution in [2.75, 3.05) is 19.8 Å². The van der Waals surface area contributed by atoms with E-state index in [1.54, 1.807) is 0 Å². The lowest BCUT2D eigenvalue weighted by Gasteiger charge is -2.18. The number of ether oxygens (including phenoxy) is 2. The van der Waals surface area contributed by atoms with Crippen molar-refractivity contribution in [2.45, 2.75) is 25.3 Å². The first-order valence-corrected chi connectivity index (χ1v) is 7.03. The quantitative estimate of drug-likeness (QED) is 0.884. The summed E-state index contributed by atoms with van der Waals surface area (Å²) in [5, 5.41) is 4.80. The summed E-state index contributed by atoms with van der Waals surface area (Å²) in [4.78, 5) is 3.33. The lowest BCUT2D eigenvalue weighted by atomic mass is 10.1. The van der Waals surface area contributed by atoms with Gasteiger partial charge in [-0.2, -0.15) is 0 Å². The largest absolute Gasteiger partial charge is 0.486 e. The van der Waals surface area contributed by atoms with Crippen LogP contribution in [-0.2, 0) is 6.42 Å². The maximum atomic E-state index is 5.65. The minimum atomic E-state index is 0.636. The highest BCUT2D eigenvalue weighted by Gasteiger charge is 2.20. The van der Waals surface area contributed by atoms with Crippen molar-refractivity contribution in [3.8, 4) is 11.5 Å². The first kappa shape index (κ1) is 11.2. The molecule has 2 heterocycles. The van der Waals surface area contributed by atoms with Crippen LogP contribution in [0, 0.1) is 0 Å². The Bertz CT molecular complexity index is 601. The molecule has 1 aliphatic heterocycles. The van der Waals surface area contributed by atoms with Gasteiger partial charge in [0.2, 0.25) is 0 Å². The van der Waals surface area contributed by atoms with Crippen LogP contribution >= 0.6 is 0 Å². The van der Waals surface area contributed by atoms with E-state index in [1.807, 2.05) is 6.07 Å². The van der Waals surface area contributed by atoms with E-state index in [4.69, 9.17) is 9.47 Å². The SMILES string of the molecule is c1[nH]c2cc3c(cc2c1CCNC1CC1)OCCO3. The van der Waals surface area contributed by atoms with Gasteiger partial charge >= 0.3 is 0 Å². The molecule has 2 N–H and O–H groups in total. The molecule has 19 heavy (non-hydrogen) atoms. The molecule has 0 spiro atoms. The van der Waals surface area contributed by atoms with Gasteiger partial charge in [-0.1, -0.05) is 0 Å². The van der Waals surface area contributed by atoms with Gasteiger partial charge in [0.05, 0.1) is 0 Å². The molecule has 0 bridgehead atoms. The number of H-pyrrole nitrogens is 1. The molecule has 0 amide bonds. The smallest absolute Gasteiger partial charge is 0.163 e. The van der Waals surface area contributed by atoms with Gasteiger partial charge in [-0.15, -0.1) is 0 Å². The lowest BCUT2D eigenvalue weighted by Crippen LogP contribution is -2.19. The minimum absolute atomic E-state index is 0.636. The third kappa shape index (κ3) is 2.16. The zero-order chi connectivity index (χ0) is 12.7. The maximum absolute atomic E-state index is 5.65. The van der Waals surface area contributed by atoms with Gasteiger partial charge in [-0.05, 0) is 37.4 Å². The van der Waals surface area contributed by atoms with Crippen molar-refractivity contribution < 1.29 is 9.47 Å². The number of nitrogens with one attached hydrogen (secondary N) is 2. The summed E-state index contributed by atoms with van der Waals surface area (Å²) in [5.74, 6) is 1.72. The molecule has 100 valence electrons. The molecular formula is C15H18N2O2. The summed E-state index contributed by atoms with van der Waals surface area (Å²) in [6.07, 6.45) is 5.83. The van der Waals surface area contributed by atoms with Gasteiger partial charge in [0, 0.05) is 29.2 Å². The predicted molar refractivity (Wildman–Crippen MR) is 74.0 cm³/mol. The molecule has 4 heteroatoms. The Morgan fingerprint density at radius 2 is 1.95 bits per heavy atom. The van der Waals surface area contributed by atoms with Crippen LogP contribution < -0.4 is 14.8 Å². The molecule has 0 atom stereocenters. The van der Waals surface area contributed by atoms with Crippen LogP contribution in [0.4, 0.5) is 0 Å². The van der Waals surface area contributed by atoms with E-state index in [0.29, 0.717) is 13.2 Å². The number of benzene rings is 1. The summed E-state index contributed by atoms with van der Waals surface area (Å²) >= 11 is 0. The fraction of sp³-hybridized carbons (Fsp3) is 0.467. The second-order valence-corrected chi connectivity index (χ2v) is 5.33. The zero-order valence-corrected chi connectivity index (χ0v) is 10.9. The van der Waals surface area contributed by atoms with Crippen LogP contribution in [0.2, 0.25) is 0 Å². The molecule has 4 rings (SSSR count). The maximum Gasteiger partial charge on any atom is 0.163 e. The van der Waals surface area contributed by atoms with Gasteiger partial charge < -0.3 is 19.8 Å². The van der Waals surface area contributed by atoms with Crippen LogP contribution in [-0.4, -0.2) is 30.8 Å². The average molecular weight is 258 g/mol. The topological polar surface area (TPSA) is 46.3 Å². The summed E-state index contributed by atoms with van der Waals surface area (Å²) in [5.41, 5.74) is 2.48. The normalized spacial score (nSPS) is 17.9. The Balaban J connectivity index is 1.59. The molecule has 0 radical (unpaired) electrons. The summed E-state index contributed by atoms with van der Waals surface area (Å²) in [6.45, 7) is 2.32. The summed E-state index contributed by atoms with van der Waals surface area (Å²) in [7, 11) is 0. The molecule has 1 aromatic heterocycles. The Hall–Kier alpha value is -1.68. The molecule has 1 saturated carbocycles. The van der Waals surface area contributed by atoms with E-state index >= 15 is 0 Å². The number of hydrogen-bond donors (Lipinski definition) is 2. The highest BCUT2D eigenvalue weighted by atomic mass is 16.6. The van der Waals surface area contributed by atoms with E-state index in [0.717, 1.165) is 36.0 Å². The van der Waals surface area contributed by atoms with E-state index in [2.05, 4.69) is 22.6 Å². The minimum Gasteiger partial charge on any atom is -0.486 e. The van der Waals surface area contributed by atoms with Crippen molar-refractivity contribution in [3.63, 3.8) is 0 Å². The van der Waals surface area contributed by atoms with Gasteiger partial charge in [0.25, 0.3) is 0 Å². The number of aromatic amines is 1. The first-order chi connectivity index (χ1) is 9.40. The zero-order valence-electron chi connectivity index (χ0n) is 10.9. The van der Waals surface area contributed by atoms with Crippen LogP contribution in [0.1, 0.15) is 18.4 Å². The first-order valence-electron chi connectivity index (χ1n) is 7.03. The molecule has 0 unspecified atom stereocenters. The number of hydrogen-bond acceptors (Lipinski definition) is 3. The Morgan fingerprint density at radius 1 is 1.16 bits per heavy atom. The molecule has 2 aliphatic rings. The second-order valence-electron chi connectivity index (χ2n) is 5.33. The van der Waals surface area contributed by atoms with Crippen LogP contribution in [0.25, 0.3) is 10.9 Å². The molecule has 4 nitrogen and oxygen atoms in total. The van der Waals surface area contributed by atoms with Gasteiger partial charge in [0.15, 0.2) is 11.5 Å². The van der Waals surface area contributed by atoms with Crippen LogP contribution in [0.15, 0.2) is 18.3 Å². The van der Waals surface area contributed by atoms with Gasteiger partial charge in [-0.3, -0.25) is 0 Å². The number of fused-ring (bicyclic) bond motifs is 2. The van der Waals surface area contributed by atoms with Gasteiger partial charge in [0.1, 0.15) is 13.2 Å². The van der Waals surface area contributed by atoms with E-state index in [1.165, 1.54) is 23.8 Å². The fourth-order valence-corrected chi connectivity index (χ4v) is 2.62. The predicted octanol–water partition coefficient (Wildman–Crippen LogP) is 2.23. The third-order valence-electron chi connectivity index (χ3n) is 3.83. The average Bonchev–Trinajstić information content (AvgIpc) is 3.18. The lowest BCUT2D eigenvalue weighted by molar-refractivity contribution is 0.172. The molecular weight excluding hydrogens is 240 g/mol. The Labute approximate surface area is 112 Å². The molecule has 1 aliphatic carbocycles.